The zero-order chi connectivity index (χ0) is 8.01. The molecule has 0 saturated heterocycles. The fraction of sp³-hybridized carbons (Fsp3) is 0.636. The van der Waals surface area contributed by atoms with Crippen molar-refractivity contribution in [1.29, 1.82) is 0 Å². The van der Waals surface area contributed by atoms with Crippen molar-refractivity contribution < 1.29 is 0 Å². The fourth-order valence-corrected chi connectivity index (χ4v) is 2.39. The first-order valence-corrected chi connectivity index (χ1v) is 4.59. The van der Waals surface area contributed by atoms with Gasteiger partial charge >= 0.3 is 0 Å². The number of hydrogen-bond donors (Lipinski definition) is 0. The fourth-order valence-electron chi connectivity index (χ4n) is 2.39. The van der Waals surface area contributed by atoms with Crippen molar-refractivity contribution in [2.45, 2.75) is 33.1 Å². The highest BCUT2D eigenvalue weighted by Crippen LogP contribution is 2.47. The summed E-state index contributed by atoms with van der Waals surface area (Å²) in [5, 5.41) is 0. The highest BCUT2D eigenvalue weighted by Gasteiger charge is 2.32. The normalized spacial score (nSPS) is 36.7. The Morgan fingerprint density at radius 1 is 1.45 bits per heavy atom. The van der Waals surface area contributed by atoms with Gasteiger partial charge in [0.1, 0.15) is 0 Å². The predicted octanol–water partition coefficient (Wildman–Crippen LogP) is 3.31. The van der Waals surface area contributed by atoms with E-state index in [0.29, 0.717) is 0 Å². The molecule has 0 aromatic rings. The summed E-state index contributed by atoms with van der Waals surface area (Å²) < 4.78 is 0. The van der Waals surface area contributed by atoms with Crippen LogP contribution in [0.1, 0.15) is 33.1 Å². The lowest BCUT2D eigenvalue weighted by Gasteiger charge is -2.40. The molecule has 0 aromatic carbocycles. The van der Waals surface area contributed by atoms with E-state index in [-0.39, 0.29) is 0 Å². The summed E-state index contributed by atoms with van der Waals surface area (Å²) >= 11 is 0. The molecule has 2 unspecified atom stereocenters. The summed E-state index contributed by atoms with van der Waals surface area (Å²) in [6.45, 7) is 8.69. The van der Waals surface area contributed by atoms with E-state index in [4.69, 9.17) is 0 Å². The lowest BCUT2D eigenvalue weighted by Crippen LogP contribution is -2.25. The third kappa shape index (κ3) is 0.885. The van der Waals surface area contributed by atoms with Crippen molar-refractivity contribution in [3.8, 4) is 0 Å². The molecule has 2 aliphatic rings. The molecule has 0 aromatic heterocycles. The Labute approximate surface area is 69.0 Å². The third-order valence-electron chi connectivity index (χ3n) is 3.45. The standard InChI is InChI=1S/C11H16/c1-7-6-10-4-5-11(10)9(3)8(7)2/h7,10H,2,4-6H2,1,3H3. The second-order valence-electron chi connectivity index (χ2n) is 4.05. The maximum Gasteiger partial charge on any atom is -0.0188 e. The molecule has 2 atom stereocenters. The first-order valence-electron chi connectivity index (χ1n) is 4.59. The molecule has 0 N–H and O–H groups in total. The minimum absolute atomic E-state index is 0.740. The van der Waals surface area contributed by atoms with Crippen LogP contribution in [0.2, 0.25) is 0 Å². The maximum absolute atomic E-state index is 4.14. The van der Waals surface area contributed by atoms with Crippen LogP contribution >= 0.6 is 0 Å². The van der Waals surface area contributed by atoms with E-state index >= 15 is 0 Å². The topological polar surface area (TPSA) is 0 Å². The molecule has 0 aliphatic heterocycles. The van der Waals surface area contributed by atoms with E-state index in [1.165, 1.54) is 30.4 Å². The monoisotopic (exact) mass is 148 g/mol. The molecule has 2 rings (SSSR count). The Morgan fingerprint density at radius 3 is 2.73 bits per heavy atom. The highest BCUT2D eigenvalue weighted by atomic mass is 14.4. The van der Waals surface area contributed by atoms with Crippen LogP contribution in [0.25, 0.3) is 0 Å². The molecule has 0 amide bonds. The zero-order valence-corrected chi connectivity index (χ0v) is 7.48. The van der Waals surface area contributed by atoms with Gasteiger partial charge in [-0.15, -0.1) is 0 Å². The quantitative estimate of drug-likeness (QED) is 0.494. The van der Waals surface area contributed by atoms with E-state index in [1.54, 1.807) is 5.57 Å². The van der Waals surface area contributed by atoms with Crippen LogP contribution in [0, 0.1) is 11.8 Å². The largest absolute Gasteiger partial charge is 0.0953 e. The van der Waals surface area contributed by atoms with Gasteiger partial charge in [-0.05, 0) is 49.2 Å². The Balaban J connectivity index is 2.34. The van der Waals surface area contributed by atoms with Crippen LogP contribution in [0.3, 0.4) is 0 Å². The second kappa shape index (κ2) is 2.23. The summed E-state index contributed by atoms with van der Waals surface area (Å²) in [6.07, 6.45) is 4.15. The molecule has 0 nitrogen and oxygen atoms in total. The summed E-state index contributed by atoms with van der Waals surface area (Å²) in [7, 11) is 0. The molecule has 60 valence electrons. The van der Waals surface area contributed by atoms with Gasteiger partial charge in [0, 0.05) is 0 Å². The van der Waals surface area contributed by atoms with Crippen molar-refractivity contribution in [1.82, 2.24) is 0 Å². The van der Waals surface area contributed by atoms with Crippen LogP contribution in [-0.2, 0) is 0 Å². The van der Waals surface area contributed by atoms with Gasteiger partial charge in [0.2, 0.25) is 0 Å². The van der Waals surface area contributed by atoms with Gasteiger partial charge in [-0.25, -0.2) is 0 Å². The van der Waals surface area contributed by atoms with Crippen molar-refractivity contribution >= 4 is 0 Å². The van der Waals surface area contributed by atoms with Gasteiger partial charge in [0.25, 0.3) is 0 Å². The molecule has 0 heteroatoms. The van der Waals surface area contributed by atoms with Crippen molar-refractivity contribution in [3.05, 3.63) is 23.3 Å². The van der Waals surface area contributed by atoms with Gasteiger partial charge in [-0.2, -0.15) is 0 Å². The van der Waals surface area contributed by atoms with E-state index in [1.807, 2.05) is 0 Å². The molecule has 0 bridgehead atoms. The lowest BCUT2D eigenvalue weighted by molar-refractivity contribution is 0.348. The zero-order valence-electron chi connectivity index (χ0n) is 7.48. The van der Waals surface area contributed by atoms with Crippen LogP contribution < -0.4 is 0 Å². The summed E-state index contributed by atoms with van der Waals surface area (Å²) in [6, 6.07) is 0. The van der Waals surface area contributed by atoms with E-state index < -0.39 is 0 Å². The summed E-state index contributed by atoms with van der Waals surface area (Å²) in [5.41, 5.74) is 4.64. The molecule has 11 heavy (non-hydrogen) atoms. The molecule has 2 aliphatic carbocycles. The lowest BCUT2D eigenvalue weighted by atomic mass is 9.65. The number of hydrogen-bond acceptors (Lipinski definition) is 0. The molecule has 0 heterocycles. The Morgan fingerprint density at radius 2 is 2.18 bits per heavy atom. The number of rotatable bonds is 0. The third-order valence-corrected chi connectivity index (χ3v) is 3.45. The maximum atomic E-state index is 4.14. The van der Waals surface area contributed by atoms with Gasteiger partial charge in [-0.3, -0.25) is 0 Å². The summed E-state index contributed by atoms with van der Waals surface area (Å²) in [5.74, 6) is 1.68. The minimum atomic E-state index is 0.740. The average molecular weight is 148 g/mol. The SMILES string of the molecule is C=C1C(C)=C2CCC2CC1C. The van der Waals surface area contributed by atoms with Crippen LogP contribution in [-0.4, -0.2) is 0 Å². The Bertz CT molecular complexity index is 232. The summed E-state index contributed by atoms with van der Waals surface area (Å²) in [4.78, 5) is 0. The van der Waals surface area contributed by atoms with Crippen LogP contribution in [0.4, 0.5) is 0 Å². The minimum Gasteiger partial charge on any atom is -0.0953 e. The van der Waals surface area contributed by atoms with Gasteiger partial charge in [0.15, 0.2) is 0 Å². The Hall–Kier alpha value is -0.520. The molecule has 1 fully saturated rings. The van der Waals surface area contributed by atoms with Gasteiger partial charge < -0.3 is 0 Å². The van der Waals surface area contributed by atoms with Gasteiger partial charge in [0.05, 0.1) is 0 Å². The molecule has 0 radical (unpaired) electrons. The van der Waals surface area contributed by atoms with Gasteiger partial charge in [-0.1, -0.05) is 19.1 Å². The highest BCUT2D eigenvalue weighted by molar-refractivity contribution is 5.40. The van der Waals surface area contributed by atoms with Crippen molar-refractivity contribution in [3.63, 3.8) is 0 Å². The molecule has 1 saturated carbocycles. The number of allylic oxidation sites excluding steroid dienone is 3. The Kier molecular flexibility index (Phi) is 1.45. The molecule has 0 spiro atoms. The predicted molar refractivity (Wildman–Crippen MR) is 48.3 cm³/mol. The first kappa shape index (κ1) is 7.15. The molecular weight excluding hydrogens is 132 g/mol. The van der Waals surface area contributed by atoms with Crippen molar-refractivity contribution in [2.24, 2.45) is 11.8 Å². The van der Waals surface area contributed by atoms with E-state index in [2.05, 4.69) is 20.4 Å². The average Bonchev–Trinajstić information content (AvgIpc) is 1.93. The first-order chi connectivity index (χ1) is 5.20. The van der Waals surface area contributed by atoms with E-state index in [0.717, 1.165) is 11.8 Å². The van der Waals surface area contributed by atoms with E-state index in [9.17, 15) is 0 Å². The van der Waals surface area contributed by atoms with Crippen molar-refractivity contribution in [2.75, 3.05) is 0 Å². The number of fused-ring (bicyclic) bond motifs is 1. The molecular formula is C11H16. The second-order valence-corrected chi connectivity index (χ2v) is 4.05. The van der Waals surface area contributed by atoms with Crippen LogP contribution in [0.5, 0.6) is 0 Å². The van der Waals surface area contributed by atoms with Crippen LogP contribution in [0.15, 0.2) is 23.3 Å². The smallest absolute Gasteiger partial charge is 0.0188 e.